The molecule has 3 aromatic rings. The van der Waals surface area contributed by atoms with Crippen molar-refractivity contribution in [2.45, 2.75) is 45.0 Å². The third-order valence-corrected chi connectivity index (χ3v) is 5.74. The van der Waals surface area contributed by atoms with E-state index in [1.165, 1.54) is 0 Å². The van der Waals surface area contributed by atoms with Crippen LogP contribution in [0.2, 0.25) is 0 Å². The zero-order chi connectivity index (χ0) is 18.4. The Balaban J connectivity index is 1.34. The number of carbonyl (C=O) groups excluding carboxylic acids is 1. The van der Waals surface area contributed by atoms with Crippen LogP contribution in [0.5, 0.6) is 0 Å². The Morgan fingerprint density at radius 3 is 2.93 bits per heavy atom. The zero-order valence-electron chi connectivity index (χ0n) is 15.3. The monoisotopic (exact) mass is 364 g/mol. The molecule has 1 fully saturated rings. The highest BCUT2D eigenvalue weighted by molar-refractivity contribution is 5.83. The smallest absolute Gasteiger partial charge is 0.242 e. The van der Waals surface area contributed by atoms with Gasteiger partial charge >= 0.3 is 0 Å². The van der Waals surface area contributed by atoms with E-state index in [0.717, 1.165) is 54.6 Å². The summed E-state index contributed by atoms with van der Waals surface area (Å²) in [6, 6.07) is 12.2. The van der Waals surface area contributed by atoms with Gasteiger partial charge in [0.15, 0.2) is 0 Å². The summed E-state index contributed by atoms with van der Waals surface area (Å²) in [5, 5.41) is 16.1. The second-order valence-electron chi connectivity index (χ2n) is 7.74. The Morgan fingerprint density at radius 1 is 1.22 bits per heavy atom. The topological polar surface area (TPSA) is 63.3 Å². The number of benzene rings is 1. The molecule has 1 aromatic carbocycles. The predicted molar refractivity (Wildman–Crippen MR) is 102 cm³/mol. The van der Waals surface area contributed by atoms with Gasteiger partial charge in [0.1, 0.15) is 12.6 Å². The van der Waals surface area contributed by atoms with E-state index < -0.39 is 6.10 Å². The summed E-state index contributed by atoms with van der Waals surface area (Å²) in [6.07, 6.45) is 4.57. The first-order chi connectivity index (χ1) is 13.2. The highest BCUT2D eigenvalue weighted by Crippen LogP contribution is 2.40. The molecule has 0 radical (unpaired) electrons. The molecule has 6 heteroatoms. The Kier molecular flexibility index (Phi) is 4.01. The number of rotatable bonds is 4. The summed E-state index contributed by atoms with van der Waals surface area (Å²) in [4.78, 5) is 14.9. The number of aliphatic hydroxyl groups excluding tert-OH is 1. The molecule has 3 heterocycles. The molecule has 1 aliphatic carbocycles. The van der Waals surface area contributed by atoms with Gasteiger partial charge in [-0.1, -0.05) is 18.2 Å². The van der Waals surface area contributed by atoms with Gasteiger partial charge in [0.25, 0.3) is 0 Å². The van der Waals surface area contributed by atoms with Crippen LogP contribution in [0.25, 0.3) is 10.9 Å². The fourth-order valence-corrected chi connectivity index (χ4v) is 4.02. The van der Waals surface area contributed by atoms with Crippen LogP contribution in [-0.2, 0) is 24.4 Å². The largest absolute Gasteiger partial charge is 0.386 e. The summed E-state index contributed by atoms with van der Waals surface area (Å²) >= 11 is 0. The van der Waals surface area contributed by atoms with Gasteiger partial charge in [0.2, 0.25) is 5.91 Å². The van der Waals surface area contributed by atoms with Crippen LogP contribution < -0.4 is 0 Å². The van der Waals surface area contributed by atoms with Crippen molar-refractivity contribution in [2.75, 3.05) is 6.54 Å². The highest BCUT2D eigenvalue weighted by atomic mass is 16.3. The average Bonchev–Trinajstić information content (AvgIpc) is 3.40. The van der Waals surface area contributed by atoms with E-state index in [9.17, 15) is 9.90 Å². The summed E-state index contributed by atoms with van der Waals surface area (Å²) < 4.78 is 3.99. The lowest BCUT2D eigenvalue weighted by Gasteiger charge is -2.20. The number of fused-ring (bicyclic) bond motifs is 2. The first kappa shape index (κ1) is 16.6. The number of amides is 1. The van der Waals surface area contributed by atoms with Crippen LogP contribution in [0.4, 0.5) is 0 Å². The van der Waals surface area contributed by atoms with Crippen molar-refractivity contribution in [3.05, 3.63) is 54.0 Å². The maximum Gasteiger partial charge on any atom is 0.242 e. The van der Waals surface area contributed by atoms with Gasteiger partial charge in [-0.05, 0) is 48.8 Å². The summed E-state index contributed by atoms with van der Waals surface area (Å²) in [7, 11) is 0. The Labute approximate surface area is 158 Å². The molecule has 6 nitrogen and oxygen atoms in total. The van der Waals surface area contributed by atoms with E-state index in [1.807, 2.05) is 50.7 Å². The lowest BCUT2D eigenvalue weighted by atomic mass is 10.1. The van der Waals surface area contributed by atoms with E-state index in [0.29, 0.717) is 19.0 Å². The molecule has 1 saturated carbocycles. The number of aliphatic hydroxyl groups is 1. The fraction of sp³-hybridized carbons (Fsp3) is 0.429. The molecule has 0 bridgehead atoms. The molecule has 1 N–H and O–H groups in total. The van der Waals surface area contributed by atoms with Gasteiger partial charge in [-0.15, -0.1) is 0 Å². The number of hydrogen-bond donors (Lipinski definition) is 1. The number of para-hydroxylation sites is 1. The van der Waals surface area contributed by atoms with Gasteiger partial charge in [0.05, 0.1) is 17.9 Å². The number of aryl methyl sites for hydroxylation is 1. The second kappa shape index (κ2) is 6.53. The van der Waals surface area contributed by atoms with E-state index in [1.54, 1.807) is 0 Å². The number of carbonyl (C=O) groups is 1. The lowest BCUT2D eigenvalue weighted by Crippen LogP contribution is -2.33. The second-order valence-corrected chi connectivity index (χ2v) is 7.74. The molecule has 1 atom stereocenters. The zero-order valence-corrected chi connectivity index (χ0v) is 15.3. The molecule has 0 saturated heterocycles. The normalized spacial score (nSPS) is 18.3. The molecule has 1 aliphatic heterocycles. The van der Waals surface area contributed by atoms with Crippen LogP contribution in [0.3, 0.4) is 0 Å². The van der Waals surface area contributed by atoms with E-state index in [-0.39, 0.29) is 5.91 Å². The van der Waals surface area contributed by atoms with Gasteiger partial charge in [-0.3, -0.25) is 9.48 Å². The summed E-state index contributed by atoms with van der Waals surface area (Å²) in [5.74, 6) is 0.485. The molecular weight excluding hydrogens is 340 g/mol. The van der Waals surface area contributed by atoms with E-state index >= 15 is 0 Å². The van der Waals surface area contributed by atoms with Crippen molar-refractivity contribution in [1.29, 1.82) is 0 Å². The first-order valence-electron chi connectivity index (χ1n) is 9.75. The van der Waals surface area contributed by atoms with Gasteiger partial charge < -0.3 is 14.6 Å². The molecule has 1 unspecified atom stereocenters. The minimum atomic E-state index is -0.459. The molecule has 2 aromatic heterocycles. The average molecular weight is 364 g/mol. The molecular formula is C21H24N4O2. The van der Waals surface area contributed by atoms with Crippen molar-refractivity contribution in [3.63, 3.8) is 0 Å². The Bertz CT molecular complexity index is 985. The molecule has 5 rings (SSSR count). The maximum atomic E-state index is 13.0. The SMILES string of the molecule is O=C(Cn1ccc2ccccc21)N1CCCn2nc(C(O)C3CC3)cc2C1. The van der Waals surface area contributed by atoms with Crippen LogP contribution in [-0.4, -0.2) is 36.8 Å². The number of hydrogen-bond acceptors (Lipinski definition) is 3. The maximum absolute atomic E-state index is 13.0. The summed E-state index contributed by atoms with van der Waals surface area (Å²) in [6.45, 7) is 2.44. The predicted octanol–water partition coefficient (Wildman–Crippen LogP) is 2.71. The fourth-order valence-electron chi connectivity index (χ4n) is 4.02. The first-order valence-corrected chi connectivity index (χ1v) is 9.75. The van der Waals surface area contributed by atoms with Crippen molar-refractivity contribution in [1.82, 2.24) is 19.2 Å². The molecule has 27 heavy (non-hydrogen) atoms. The molecule has 1 amide bonds. The van der Waals surface area contributed by atoms with Gasteiger partial charge in [-0.25, -0.2) is 0 Å². The minimum absolute atomic E-state index is 0.121. The van der Waals surface area contributed by atoms with Crippen LogP contribution in [0, 0.1) is 5.92 Å². The quantitative estimate of drug-likeness (QED) is 0.774. The van der Waals surface area contributed by atoms with Crippen LogP contribution >= 0.6 is 0 Å². The van der Waals surface area contributed by atoms with E-state index in [2.05, 4.69) is 11.2 Å². The van der Waals surface area contributed by atoms with Crippen molar-refractivity contribution < 1.29 is 9.90 Å². The lowest BCUT2D eigenvalue weighted by molar-refractivity contribution is -0.132. The number of aromatic nitrogens is 3. The van der Waals surface area contributed by atoms with Gasteiger partial charge in [-0.2, -0.15) is 5.10 Å². The highest BCUT2D eigenvalue weighted by Gasteiger charge is 2.33. The molecule has 2 aliphatic rings. The van der Waals surface area contributed by atoms with Crippen LogP contribution in [0.1, 0.15) is 36.8 Å². The Morgan fingerprint density at radius 2 is 2.07 bits per heavy atom. The molecule has 0 spiro atoms. The summed E-state index contributed by atoms with van der Waals surface area (Å²) in [5.41, 5.74) is 2.87. The van der Waals surface area contributed by atoms with Crippen molar-refractivity contribution in [2.24, 2.45) is 5.92 Å². The van der Waals surface area contributed by atoms with Crippen molar-refractivity contribution >= 4 is 16.8 Å². The van der Waals surface area contributed by atoms with Crippen LogP contribution in [0.15, 0.2) is 42.6 Å². The van der Waals surface area contributed by atoms with Gasteiger partial charge in [0, 0.05) is 24.8 Å². The third kappa shape index (κ3) is 3.14. The third-order valence-electron chi connectivity index (χ3n) is 5.74. The Hall–Kier alpha value is -2.60. The minimum Gasteiger partial charge on any atom is -0.386 e. The molecule has 140 valence electrons. The van der Waals surface area contributed by atoms with Crippen molar-refractivity contribution in [3.8, 4) is 0 Å². The standard InChI is InChI=1S/C21H24N4O2/c26-20(14-23-11-8-15-4-1-2-5-19(15)23)24-9-3-10-25-17(13-24)12-18(22-25)21(27)16-6-7-16/h1-2,4-5,8,11-12,16,21,27H,3,6-7,9-10,13-14H2. The number of nitrogens with zero attached hydrogens (tertiary/aromatic N) is 4. The van der Waals surface area contributed by atoms with E-state index in [4.69, 9.17) is 0 Å².